The van der Waals surface area contributed by atoms with Crippen molar-refractivity contribution in [3.63, 3.8) is 0 Å². The van der Waals surface area contributed by atoms with Crippen LogP contribution in [0.25, 0.3) is 17.2 Å². The van der Waals surface area contributed by atoms with Crippen LogP contribution < -0.4 is 15.4 Å². The molecule has 0 unspecified atom stereocenters. The summed E-state index contributed by atoms with van der Waals surface area (Å²) >= 11 is 0. The molecule has 218 valence electrons. The van der Waals surface area contributed by atoms with Gasteiger partial charge in [-0.25, -0.2) is 9.97 Å². The third-order valence-corrected chi connectivity index (χ3v) is 5.76. The molecule has 0 aliphatic heterocycles. The number of carbonyl (C=O) groups excluding carboxylic acids is 1. The van der Waals surface area contributed by atoms with Crippen molar-refractivity contribution in [2.75, 3.05) is 25.1 Å². The van der Waals surface area contributed by atoms with E-state index in [0.717, 1.165) is 18.5 Å². The van der Waals surface area contributed by atoms with E-state index in [-0.39, 0.29) is 17.6 Å². The van der Waals surface area contributed by atoms with Crippen LogP contribution in [0.1, 0.15) is 52.7 Å². The molecule has 2 aromatic heterocycles. The van der Waals surface area contributed by atoms with Gasteiger partial charge in [-0.2, -0.15) is 4.98 Å². The fourth-order valence-corrected chi connectivity index (χ4v) is 4.03. The normalized spacial score (nSPS) is 12.4. The van der Waals surface area contributed by atoms with Crippen LogP contribution in [-0.4, -0.2) is 57.6 Å². The number of alkyl halides is 3. The first-order valence-electron chi connectivity index (χ1n) is 13.5. The van der Waals surface area contributed by atoms with E-state index in [9.17, 15) is 18.0 Å². The summed E-state index contributed by atoms with van der Waals surface area (Å²) in [4.78, 5) is 26.6. The Balaban J connectivity index is 1.83. The molecular formula is C28H37F3N6O3. The average molecular weight is 563 g/mol. The van der Waals surface area contributed by atoms with Gasteiger partial charge in [0, 0.05) is 43.3 Å². The maximum atomic E-state index is 13.0. The largest absolute Gasteiger partial charge is 0.573 e. The molecule has 0 aliphatic carbocycles. The van der Waals surface area contributed by atoms with Crippen molar-refractivity contribution >= 4 is 11.7 Å². The Morgan fingerprint density at radius 3 is 2.65 bits per heavy atom. The molecule has 2 N–H and O–H groups in total. The summed E-state index contributed by atoms with van der Waals surface area (Å²) in [5, 5.41) is 6.26. The second-order valence-corrected chi connectivity index (χ2v) is 9.70. The van der Waals surface area contributed by atoms with Gasteiger partial charge in [-0.1, -0.05) is 39.3 Å². The molecule has 1 aromatic carbocycles. The maximum absolute atomic E-state index is 13.0. The zero-order chi connectivity index (χ0) is 29.1. The number of carbonyl (C=O) groups is 1. The Hall–Kier alpha value is -3.67. The van der Waals surface area contributed by atoms with Gasteiger partial charge in [-0.3, -0.25) is 9.36 Å². The lowest BCUT2D eigenvalue weighted by Gasteiger charge is -2.21. The van der Waals surface area contributed by atoms with E-state index in [0.29, 0.717) is 55.6 Å². The van der Waals surface area contributed by atoms with Gasteiger partial charge < -0.3 is 20.1 Å². The van der Waals surface area contributed by atoms with E-state index in [4.69, 9.17) is 4.74 Å². The molecule has 0 saturated heterocycles. The number of benzene rings is 1. The number of nitrogens with one attached hydrogen (secondary N) is 2. The lowest BCUT2D eigenvalue weighted by molar-refractivity contribution is -0.274. The zero-order valence-electron chi connectivity index (χ0n) is 23.3. The van der Waals surface area contributed by atoms with Crippen LogP contribution in [0.2, 0.25) is 0 Å². The first-order valence-corrected chi connectivity index (χ1v) is 13.5. The van der Waals surface area contributed by atoms with Crippen molar-refractivity contribution in [2.45, 2.75) is 65.8 Å². The molecule has 1 amide bonds. The van der Waals surface area contributed by atoms with Crippen LogP contribution in [0, 0.1) is 5.92 Å². The number of amides is 1. The molecule has 9 nitrogen and oxygen atoms in total. The first-order chi connectivity index (χ1) is 19.1. The van der Waals surface area contributed by atoms with Gasteiger partial charge in [0.25, 0.3) is 0 Å². The molecular weight excluding hydrogens is 525 g/mol. The van der Waals surface area contributed by atoms with Crippen LogP contribution >= 0.6 is 0 Å². The van der Waals surface area contributed by atoms with Gasteiger partial charge in [0.15, 0.2) is 0 Å². The fourth-order valence-electron chi connectivity index (χ4n) is 4.03. The Morgan fingerprint density at radius 2 is 1.95 bits per heavy atom. The summed E-state index contributed by atoms with van der Waals surface area (Å²) < 4.78 is 49.0. The summed E-state index contributed by atoms with van der Waals surface area (Å²) in [6.07, 6.45) is 1.22. The van der Waals surface area contributed by atoms with Crippen molar-refractivity contribution in [3.8, 4) is 23.0 Å². The van der Waals surface area contributed by atoms with Crippen molar-refractivity contribution in [2.24, 2.45) is 5.92 Å². The number of nitrogens with zero attached hydrogens (tertiary/aromatic N) is 4. The standard InChI is InChI=1S/C28H37F3N6O3/c1-5-9-21-16-25(35-23(14-19(3)4)26(38)32-12-8-13-39-6-2)36-27(34-21)37-17-24(33-18-37)20-10-7-11-22(15-20)40-28(29,30)31/h7,10-11,15-19,23H,5-6,8-9,12-14H2,1-4H3,(H,32,38)(H,34,35,36)/t23-/m0/s1. The molecule has 3 aromatic rings. The molecule has 12 heteroatoms. The molecule has 0 spiro atoms. The SMILES string of the molecule is CCCc1cc(N[C@@H](CC(C)C)C(=O)NCCCOCC)nc(-n2cnc(-c3cccc(OC(F)(F)F)c3)c2)n1. The average Bonchev–Trinajstić information content (AvgIpc) is 3.38. The number of hydrogen-bond donors (Lipinski definition) is 2. The van der Waals surface area contributed by atoms with E-state index >= 15 is 0 Å². The lowest BCUT2D eigenvalue weighted by atomic mass is 10.0. The van der Waals surface area contributed by atoms with Crippen LogP contribution in [0.3, 0.4) is 0 Å². The Morgan fingerprint density at radius 1 is 1.15 bits per heavy atom. The molecule has 40 heavy (non-hydrogen) atoms. The van der Waals surface area contributed by atoms with Gasteiger partial charge in [-0.15, -0.1) is 13.2 Å². The number of halogens is 3. The molecule has 0 bridgehead atoms. The number of hydrogen-bond acceptors (Lipinski definition) is 7. The Bertz CT molecular complexity index is 1230. The predicted molar refractivity (Wildman–Crippen MR) is 146 cm³/mol. The molecule has 0 aliphatic rings. The Labute approximate surface area is 232 Å². The first kappa shape index (κ1) is 30.9. The van der Waals surface area contributed by atoms with Crippen LogP contribution in [-0.2, 0) is 16.0 Å². The topological polar surface area (TPSA) is 103 Å². The summed E-state index contributed by atoms with van der Waals surface area (Å²) in [7, 11) is 0. The maximum Gasteiger partial charge on any atom is 0.573 e. The van der Waals surface area contributed by atoms with Crippen molar-refractivity contribution in [3.05, 3.63) is 48.5 Å². The lowest BCUT2D eigenvalue weighted by Crippen LogP contribution is -2.41. The van der Waals surface area contributed by atoms with Crippen LogP contribution in [0.4, 0.5) is 19.0 Å². The van der Waals surface area contributed by atoms with Gasteiger partial charge in [0.2, 0.25) is 11.9 Å². The molecule has 0 fully saturated rings. The number of imidazole rings is 1. The van der Waals surface area contributed by atoms with E-state index in [1.165, 1.54) is 24.5 Å². The number of anilines is 1. The van der Waals surface area contributed by atoms with Crippen LogP contribution in [0.5, 0.6) is 5.75 Å². The summed E-state index contributed by atoms with van der Waals surface area (Å²) in [6.45, 7) is 9.80. The monoisotopic (exact) mass is 562 g/mol. The smallest absolute Gasteiger partial charge is 0.406 e. The fraction of sp³-hybridized carbons (Fsp3) is 0.500. The second kappa shape index (κ2) is 14.6. The molecule has 1 atom stereocenters. The van der Waals surface area contributed by atoms with Gasteiger partial charge in [0.05, 0.1) is 5.69 Å². The van der Waals surface area contributed by atoms with Gasteiger partial charge in [-0.05, 0) is 44.2 Å². The number of rotatable bonds is 15. The predicted octanol–water partition coefficient (Wildman–Crippen LogP) is 5.55. The second-order valence-electron chi connectivity index (χ2n) is 9.70. The van der Waals surface area contributed by atoms with Crippen LogP contribution in [0.15, 0.2) is 42.9 Å². The van der Waals surface area contributed by atoms with E-state index in [1.54, 1.807) is 16.8 Å². The molecule has 3 rings (SSSR count). The van der Waals surface area contributed by atoms with Crippen molar-refractivity contribution in [1.82, 2.24) is 24.8 Å². The van der Waals surface area contributed by atoms with E-state index in [1.807, 2.05) is 33.8 Å². The summed E-state index contributed by atoms with van der Waals surface area (Å²) in [5.74, 6) is 0.638. The molecule has 0 radical (unpaired) electrons. The third kappa shape index (κ3) is 9.82. The van der Waals surface area contributed by atoms with E-state index in [2.05, 4.69) is 30.3 Å². The van der Waals surface area contributed by atoms with E-state index < -0.39 is 12.4 Å². The van der Waals surface area contributed by atoms with Crippen molar-refractivity contribution < 1.29 is 27.4 Å². The van der Waals surface area contributed by atoms with Crippen molar-refractivity contribution in [1.29, 1.82) is 0 Å². The highest BCUT2D eigenvalue weighted by Gasteiger charge is 2.31. The third-order valence-electron chi connectivity index (χ3n) is 5.76. The zero-order valence-corrected chi connectivity index (χ0v) is 23.3. The number of ether oxygens (including phenoxy) is 2. The summed E-state index contributed by atoms with van der Waals surface area (Å²) in [6, 6.07) is 6.93. The minimum atomic E-state index is -4.79. The minimum Gasteiger partial charge on any atom is -0.406 e. The van der Waals surface area contributed by atoms with Gasteiger partial charge in [0.1, 0.15) is 23.9 Å². The van der Waals surface area contributed by atoms with Gasteiger partial charge >= 0.3 is 6.36 Å². The highest BCUT2D eigenvalue weighted by atomic mass is 19.4. The number of aromatic nitrogens is 4. The number of aryl methyl sites for hydroxylation is 1. The highest BCUT2D eigenvalue weighted by molar-refractivity contribution is 5.84. The molecule has 2 heterocycles. The minimum absolute atomic E-state index is 0.117. The molecule has 0 saturated carbocycles. The Kier molecular flexibility index (Phi) is 11.3. The summed E-state index contributed by atoms with van der Waals surface area (Å²) in [5.41, 5.74) is 1.66. The highest BCUT2D eigenvalue weighted by Crippen LogP contribution is 2.27. The quantitative estimate of drug-likeness (QED) is 0.234.